The van der Waals surface area contributed by atoms with E-state index < -0.39 is 0 Å². The molecule has 0 bridgehead atoms. The number of carbonyl (C=O) groups excluding carboxylic acids is 1. The number of hydrogen-bond acceptors (Lipinski definition) is 5. The van der Waals surface area contributed by atoms with Gasteiger partial charge in [-0.1, -0.05) is 0 Å². The van der Waals surface area contributed by atoms with Crippen LogP contribution in [0.15, 0.2) is 18.2 Å². The van der Waals surface area contributed by atoms with E-state index in [1.807, 2.05) is 43.7 Å². The van der Waals surface area contributed by atoms with Gasteiger partial charge in [-0.05, 0) is 51.8 Å². The van der Waals surface area contributed by atoms with Gasteiger partial charge in [0.25, 0.3) is 0 Å². The van der Waals surface area contributed by atoms with E-state index in [0.29, 0.717) is 13.1 Å². The Hall–Kier alpha value is -2.44. The van der Waals surface area contributed by atoms with Gasteiger partial charge in [-0.3, -0.25) is 9.48 Å². The molecule has 0 aromatic carbocycles. The Balaban J connectivity index is 1.43. The molecular weight excluding hydrogens is 316 g/mol. The second-order valence-electron chi connectivity index (χ2n) is 6.74. The zero-order chi connectivity index (χ0) is 17.8. The van der Waals surface area contributed by atoms with Crippen molar-refractivity contribution in [2.45, 2.75) is 40.2 Å². The van der Waals surface area contributed by atoms with E-state index in [0.717, 1.165) is 48.8 Å². The number of anilines is 1. The first-order valence-corrected chi connectivity index (χ1v) is 8.87. The number of aryl methyl sites for hydroxylation is 3. The minimum absolute atomic E-state index is 0.0788. The van der Waals surface area contributed by atoms with Gasteiger partial charge in [0.15, 0.2) is 5.82 Å². The lowest BCUT2D eigenvalue weighted by Crippen LogP contribution is -2.41. The number of nitrogens with one attached hydrogen (secondary N) is 1. The first kappa shape index (κ1) is 17.4. The van der Waals surface area contributed by atoms with Gasteiger partial charge in [-0.15, -0.1) is 5.10 Å². The maximum atomic E-state index is 12.4. The molecule has 1 saturated heterocycles. The van der Waals surface area contributed by atoms with E-state index in [2.05, 4.69) is 25.5 Å². The third-order valence-electron chi connectivity index (χ3n) is 4.70. The van der Waals surface area contributed by atoms with Gasteiger partial charge in [0.2, 0.25) is 5.91 Å². The number of carbonyl (C=O) groups is 1. The van der Waals surface area contributed by atoms with Gasteiger partial charge in [-0.25, -0.2) is 0 Å². The minimum atomic E-state index is 0.0788. The van der Waals surface area contributed by atoms with Crippen LogP contribution in [-0.2, 0) is 11.3 Å². The quantitative estimate of drug-likeness (QED) is 0.894. The van der Waals surface area contributed by atoms with Crippen LogP contribution in [0.4, 0.5) is 5.82 Å². The van der Waals surface area contributed by atoms with Gasteiger partial charge < -0.3 is 10.2 Å². The minimum Gasteiger partial charge on any atom is -0.355 e. The van der Waals surface area contributed by atoms with Gasteiger partial charge in [0.05, 0.1) is 17.9 Å². The summed E-state index contributed by atoms with van der Waals surface area (Å²) in [6.07, 6.45) is 1.70. The van der Waals surface area contributed by atoms with Crippen molar-refractivity contribution in [3.63, 3.8) is 0 Å². The second kappa shape index (κ2) is 7.63. The fraction of sp³-hybridized carbons (Fsp3) is 0.556. The standard InChI is InChI=1S/C18H26N6O/c1-13-4-5-17(21-20-13)23-9-6-16(7-10-23)18(25)19-8-11-24-15(3)12-14(2)22-24/h4-5,12,16H,6-11H2,1-3H3,(H,19,25). The molecule has 0 aliphatic carbocycles. The van der Waals surface area contributed by atoms with Crippen molar-refractivity contribution in [1.29, 1.82) is 0 Å². The molecule has 1 amide bonds. The molecule has 0 unspecified atom stereocenters. The second-order valence-corrected chi connectivity index (χ2v) is 6.74. The van der Waals surface area contributed by atoms with Crippen molar-refractivity contribution in [2.24, 2.45) is 5.92 Å². The van der Waals surface area contributed by atoms with E-state index in [4.69, 9.17) is 0 Å². The Bertz CT molecular complexity index is 716. The van der Waals surface area contributed by atoms with Crippen LogP contribution in [0, 0.1) is 26.7 Å². The van der Waals surface area contributed by atoms with Crippen molar-refractivity contribution in [3.05, 3.63) is 35.3 Å². The van der Waals surface area contributed by atoms with Gasteiger partial charge in [0, 0.05) is 31.2 Å². The molecule has 3 heterocycles. The zero-order valence-electron chi connectivity index (χ0n) is 15.2. The van der Waals surface area contributed by atoms with E-state index >= 15 is 0 Å². The predicted molar refractivity (Wildman–Crippen MR) is 96.4 cm³/mol. The molecule has 1 aliphatic heterocycles. The first-order chi connectivity index (χ1) is 12.0. The normalized spacial score (nSPS) is 15.4. The van der Waals surface area contributed by atoms with Crippen molar-refractivity contribution in [1.82, 2.24) is 25.3 Å². The lowest BCUT2D eigenvalue weighted by molar-refractivity contribution is -0.125. The Morgan fingerprint density at radius 3 is 2.52 bits per heavy atom. The van der Waals surface area contributed by atoms with Gasteiger partial charge >= 0.3 is 0 Å². The van der Waals surface area contributed by atoms with Crippen LogP contribution in [0.2, 0.25) is 0 Å². The van der Waals surface area contributed by atoms with E-state index in [9.17, 15) is 4.79 Å². The molecule has 25 heavy (non-hydrogen) atoms. The van der Waals surface area contributed by atoms with Crippen LogP contribution in [0.1, 0.15) is 29.9 Å². The summed E-state index contributed by atoms with van der Waals surface area (Å²) in [4.78, 5) is 14.6. The molecule has 1 N–H and O–H groups in total. The lowest BCUT2D eigenvalue weighted by Gasteiger charge is -2.31. The number of nitrogens with zero attached hydrogens (tertiary/aromatic N) is 5. The molecular formula is C18H26N6O. The van der Waals surface area contributed by atoms with Crippen molar-refractivity contribution in [2.75, 3.05) is 24.5 Å². The van der Waals surface area contributed by atoms with Crippen LogP contribution < -0.4 is 10.2 Å². The molecule has 1 fully saturated rings. The maximum absolute atomic E-state index is 12.4. The number of piperidine rings is 1. The van der Waals surface area contributed by atoms with Crippen LogP contribution in [-0.4, -0.2) is 45.5 Å². The number of aromatic nitrogens is 4. The summed E-state index contributed by atoms with van der Waals surface area (Å²) in [7, 11) is 0. The average Bonchev–Trinajstić information content (AvgIpc) is 2.93. The summed E-state index contributed by atoms with van der Waals surface area (Å²) in [5.74, 6) is 1.13. The SMILES string of the molecule is Cc1ccc(N2CCC(C(=O)NCCn3nc(C)cc3C)CC2)nn1. The molecule has 2 aromatic heterocycles. The molecule has 0 radical (unpaired) electrons. The van der Waals surface area contributed by atoms with E-state index in [-0.39, 0.29) is 11.8 Å². The van der Waals surface area contributed by atoms with Crippen LogP contribution in [0.25, 0.3) is 0 Å². The summed E-state index contributed by atoms with van der Waals surface area (Å²) >= 11 is 0. The highest BCUT2D eigenvalue weighted by atomic mass is 16.1. The van der Waals surface area contributed by atoms with Crippen LogP contribution >= 0.6 is 0 Å². The fourth-order valence-corrected chi connectivity index (χ4v) is 3.26. The number of rotatable bonds is 5. The molecule has 7 heteroatoms. The Morgan fingerprint density at radius 1 is 1.16 bits per heavy atom. The molecule has 0 spiro atoms. The van der Waals surface area contributed by atoms with Crippen LogP contribution in [0.5, 0.6) is 0 Å². The molecule has 0 atom stereocenters. The Kier molecular flexibility index (Phi) is 5.31. The molecule has 1 aliphatic rings. The van der Waals surface area contributed by atoms with E-state index in [1.165, 1.54) is 0 Å². The molecule has 7 nitrogen and oxygen atoms in total. The first-order valence-electron chi connectivity index (χ1n) is 8.87. The zero-order valence-corrected chi connectivity index (χ0v) is 15.2. The molecule has 0 saturated carbocycles. The highest BCUT2D eigenvalue weighted by Gasteiger charge is 2.25. The largest absolute Gasteiger partial charge is 0.355 e. The highest BCUT2D eigenvalue weighted by Crippen LogP contribution is 2.21. The fourth-order valence-electron chi connectivity index (χ4n) is 3.26. The van der Waals surface area contributed by atoms with Crippen LogP contribution in [0.3, 0.4) is 0 Å². The van der Waals surface area contributed by atoms with Gasteiger partial charge in [0.1, 0.15) is 0 Å². The summed E-state index contributed by atoms with van der Waals surface area (Å²) < 4.78 is 1.94. The van der Waals surface area contributed by atoms with Crippen molar-refractivity contribution in [3.8, 4) is 0 Å². The summed E-state index contributed by atoms with van der Waals surface area (Å²) in [5.41, 5.74) is 3.05. The molecule has 3 rings (SSSR count). The number of hydrogen-bond donors (Lipinski definition) is 1. The van der Waals surface area contributed by atoms with Gasteiger partial charge in [-0.2, -0.15) is 10.2 Å². The Labute approximate surface area is 148 Å². The smallest absolute Gasteiger partial charge is 0.223 e. The average molecular weight is 342 g/mol. The lowest BCUT2D eigenvalue weighted by atomic mass is 9.96. The third kappa shape index (κ3) is 4.35. The summed E-state index contributed by atoms with van der Waals surface area (Å²) in [6, 6.07) is 6.02. The monoisotopic (exact) mass is 342 g/mol. The molecule has 2 aromatic rings. The van der Waals surface area contributed by atoms with Crippen molar-refractivity contribution >= 4 is 11.7 Å². The number of amides is 1. The third-order valence-corrected chi connectivity index (χ3v) is 4.70. The summed E-state index contributed by atoms with van der Waals surface area (Å²) in [5, 5.41) is 15.8. The van der Waals surface area contributed by atoms with Crippen molar-refractivity contribution < 1.29 is 4.79 Å². The summed E-state index contributed by atoms with van der Waals surface area (Å²) in [6.45, 7) is 8.95. The van der Waals surface area contributed by atoms with E-state index in [1.54, 1.807) is 0 Å². The topological polar surface area (TPSA) is 75.9 Å². The Morgan fingerprint density at radius 2 is 1.92 bits per heavy atom. The molecule has 134 valence electrons. The predicted octanol–water partition coefficient (Wildman–Crippen LogP) is 1.63. The maximum Gasteiger partial charge on any atom is 0.223 e. The highest BCUT2D eigenvalue weighted by molar-refractivity contribution is 5.78.